The van der Waals surface area contributed by atoms with E-state index in [0.717, 1.165) is 42.9 Å². The molecule has 0 radical (unpaired) electrons. The molecule has 2 aliphatic rings. The third kappa shape index (κ3) is 4.39. The molecule has 1 aromatic heterocycles. The summed E-state index contributed by atoms with van der Waals surface area (Å²) in [7, 11) is 0. The van der Waals surface area contributed by atoms with Gasteiger partial charge in [-0.25, -0.2) is 0 Å². The van der Waals surface area contributed by atoms with E-state index >= 15 is 0 Å². The first-order chi connectivity index (χ1) is 15.7. The summed E-state index contributed by atoms with van der Waals surface area (Å²) >= 11 is 0. The van der Waals surface area contributed by atoms with E-state index in [1.807, 2.05) is 12.1 Å². The van der Waals surface area contributed by atoms with Gasteiger partial charge in [0.05, 0.1) is 5.69 Å². The maximum absolute atomic E-state index is 12.8. The predicted octanol–water partition coefficient (Wildman–Crippen LogP) is 6.72. The minimum absolute atomic E-state index is 0.0609. The van der Waals surface area contributed by atoms with E-state index in [1.54, 1.807) is 0 Å². The average Bonchev–Trinajstić information content (AvgIpc) is 3.03. The van der Waals surface area contributed by atoms with Crippen molar-refractivity contribution in [3.05, 3.63) is 77.5 Å². The van der Waals surface area contributed by atoms with Crippen LogP contribution in [0, 0.1) is 5.92 Å². The maximum atomic E-state index is 12.8. The highest BCUT2D eigenvalue weighted by molar-refractivity contribution is 5.94. The quantitative estimate of drug-likeness (QED) is 0.462. The summed E-state index contributed by atoms with van der Waals surface area (Å²) in [5.41, 5.74) is 7.33. The molecule has 3 nitrogen and oxygen atoms in total. The number of amides is 1. The summed E-state index contributed by atoms with van der Waals surface area (Å²) in [5.74, 6) is 0.851. The van der Waals surface area contributed by atoms with E-state index in [2.05, 4.69) is 65.3 Å². The Morgan fingerprint density at radius 2 is 1.59 bits per heavy atom. The summed E-state index contributed by atoms with van der Waals surface area (Å²) in [6.07, 6.45) is 10.7. The average molecular weight is 427 g/mol. The highest BCUT2D eigenvalue weighted by atomic mass is 16.1. The number of hydrogen-bond acceptors (Lipinski definition) is 1. The van der Waals surface area contributed by atoms with E-state index in [9.17, 15) is 4.79 Å². The van der Waals surface area contributed by atoms with Gasteiger partial charge >= 0.3 is 0 Å². The van der Waals surface area contributed by atoms with Crippen LogP contribution in [0.25, 0.3) is 16.9 Å². The van der Waals surface area contributed by atoms with Crippen molar-refractivity contribution in [1.29, 1.82) is 0 Å². The fourth-order valence-corrected chi connectivity index (χ4v) is 5.43. The third-order valence-corrected chi connectivity index (χ3v) is 7.36. The largest absolute Gasteiger partial charge is 0.349 e. The van der Waals surface area contributed by atoms with Crippen molar-refractivity contribution in [3.63, 3.8) is 0 Å². The van der Waals surface area contributed by atoms with Crippen molar-refractivity contribution in [1.82, 2.24) is 9.88 Å². The molecule has 0 saturated heterocycles. The Bertz CT molecular complexity index is 1060. The molecular formula is C29H34N2O. The smallest absolute Gasteiger partial charge is 0.251 e. The van der Waals surface area contributed by atoms with Gasteiger partial charge in [-0.15, -0.1) is 0 Å². The first kappa shape index (κ1) is 21.1. The predicted molar refractivity (Wildman–Crippen MR) is 131 cm³/mol. The zero-order valence-corrected chi connectivity index (χ0v) is 19.1. The number of hydrogen-bond donors (Lipinski definition) is 1. The second kappa shape index (κ2) is 9.36. The van der Waals surface area contributed by atoms with E-state index in [1.165, 1.54) is 54.6 Å². The van der Waals surface area contributed by atoms with Crippen molar-refractivity contribution in [2.24, 2.45) is 5.92 Å². The van der Waals surface area contributed by atoms with E-state index in [-0.39, 0.29) is 5.91 Å². The van der Waals surface area contributed by atoms with Gasteiger partial charge in [-0.05, 0) is 98.7 Å². The van der Waals surface area contributed by atoms with Crippen molar-refractivity contribution in [2.45, 2.75) is 70.8 Å². The standard InChI is InChI=1S/C29H34N2O/c1-21-12-16-25(17-13-21)30-29(32)23-14-18-26(19-15-23)31-27-11-7-3-6-10-24(27)20-28(31)22-8-4-2-5-9-22/h2,4-5,8-9,14-15,18-21,25H,3,6-7,10-13,16-17H2,1H3,(H,30,32). The Morgan fingerprint density at radius 1 is 0.875 bits per heavy atom. The third-order valence-electron chi connectivity index (χ3n) is 7.36. The molecule has 3 aromatic rings. The lowest BCUT2D eigenvalue weighted by atomic mass is 9.87. The molecule has 0 unspecified atom stereocenters. The van der Waals surface area contributed by atoms with Crippen LogP contribution in [0.3, 0.4) is 0 Å². The van der Waals surface area contributed by atoms with Crippen LogP contribution in [0.5, 0.6) is 0 Å². The van der Waals surface area contributed by atoms with E-state index in [0.29, 0.717) is 6.04 Å². The van der Waals surface area contributed by atoms with Crippen molar-refractivity contribution in [3.8, 4) is 16.9 Å². The Balaban J connectivity index is 1.43. The van der Waals surface area contributed by atoms with Crippen LogP contribution < -0.4 is 5.32 Å². The van der Waals surface area contributed by atoms with Crippen molar-refractivity contribution >= 4 is 5.91 Å². The number of fused-ring (bicyclic) bond motifs is 1. The molecule has 1 amide bonds. The molecule has 0 spiro atoms. The Labute approximate surface area is 191 Å². The maximum Gasteiger partial charge on any atom is 0.251 e. The number of aromatic nitrogens is 1. The van der Waals surface area contributed by atoms with Gasteiger partial charge in [0, 0.05) is 23.0 Å². The second-order valence-electron chi connectivity index (χ2n) is 9.74. The normalized spacial score (nSPS) is 20.9. The Hall–Kier alpha value is -2.81. The SMILES string of the molecule is CC1CCC(NC(=O)c2ccc(-n3c(-c4ccccc4)cc4c3CCCCC4)cc2)CC1. The van der Waals surface area contributed by atoms with Crippen LogP contribution in [-0.4, -0.2) is 16.5 Å². The number of carbonyl (C=O) groups excluding carboxylic acids is 1. The summed E-state index contributed by atoms with van der Waals surface area (Å²) in [5, 5.41) is 3.26. The van der Waals surface area contributed by atoms with Crippen LogP contribution in [-0.2, 0) is 12.8 Å². The highest BCUT2D eigenvalue weighted by Gasteiger charge is 2.22. The number of nitrogens with one attached hydrogen (secondary N) is 1. The fourth-order valence-electron chi connectivity index (χ4n) is 5.43. The molecule has 2 aliphatic carbocycles. The first-order valence-electron chi connectivity index (χ1n) is 12.4. The zero-order chi connectivity index (χ0) is 21.9. The monoisotopic (exact) mass is 426 g/mol. The molecule has 1 fully saturated rings. The second-order valence-corrected chi connectivity index (χ2v) is 9.74. The lowest BCUT2D eigenvalue weighted by Crippen LogP contribution is -2.37. The molecule has 0 bridgehead atoms. The van der Waals surface area contributed by atoms with Crippen LogP contribution in [0.2, 0.25) is 0 Å². The lowest BCUT2D eigenvalue weighted by Gasteiger charge is -2.27. The molecule has 2 aromatic carbocycles. The van der Waals surface area contributed by atoms with Crippen LogP contribution in [0.4, 0.5) is 0 Å². The van der Waals surface area contributed by atoms with Gasteiger partial charge in [0.1, 0.15) is 0 Å². The molecule has 1 saturated carbocycles. The van der Waals surface area contributed by atoms with Crippen molar-refractivity contribution < 1.29 is 4.79 Å². The van der Waals surface area contributed by atoms with Crippen LogP contribution >= 0.6 is 0 Å². The zero-order valence-electron chi connectivity index (χ0n) is 19.1. The number of aryl methyl sites for hydroxylation is 1. The van der Waals surface area contributed by atoms with Crippen molar-refractivity contribution in [2.75, 3.05) is 0 Å². The van der Waals surface area contributed by atoms with Crippen LogP contribution in [0.15, 0.2) is 60.7 Å². The molecule has 32 heavy (non-hydrogen) atoms. The topological polar surface area (TPSA) is 34.0 Å². The summed E-state index contributed by atoms with van der Waals surface area (Å²) in [4.78, 5) is 12.8. The van der Waals surface area contributed by atoms with E-state index < -0.39 is 0 Å². The number of benzene rings is 2. The molecule has 5 rings (SSSR count). The van der Waals surface area contributed by atoms with Crippen LogP contribution in [0.1, 0.15) is 73.5 Å². The lowest BCUT2D eigenvalue weighted by molar-refractivity contribution is 0.0923. The Morgan fingerprint density at radius 3 is 2.34 bits per heavy atom. The van der Waals surface area contributed by atoms with Gasteiger partial charge in [-0.3, -0.25) is 4.79 Å². The molecule has 1 heterocycles. The first-order valence-corrected chi connectivity index (χ1v) is 12.4. The minimum Gasteiger partial charge on any atom is -0.349 e. The molecule has 3 heteroatoms. The van der Waals surface area contributed by atoms with E-state index in [4.69, 9.17) is 0 Å². The molecule has 0 aliphatic heterocycles. The minimum atomic E-state index is 0.0609. The molecule has 1 N–H and O–H groups in total. The Kier molecular flexibility index (Phi) is 6.16. The fraction of sp³-hybridized carbons (Fsp3) is 0.414. The number of carbonyl (C=O) groups is 1. The molecule has 166 valence electrons. The van der Waals surface area contributed by atoms with Gasteiger partial charge in [-0.2, -0.15) is 0 Å². The van der Waals surface area contributed by atoms with Gasteiger partial charge in [0.25, 0.3) is 5.91 Å². The molecular weight excluding hydrogens is 392 g/mol. The number of rotatable bonds is 4. The number of nitrogens with zero attached hydrogens (tertiary/aromatic N) is 1. The van der Waals surface area contributed by atoms with Gasteiger partial charge in [0.2, 0.25) is 0 Å². The van der Waals surface area contributed by atoms with Gasteiger partial charge in [0.15, 0.2) is 0 Å². The van der Waals surface area contributed by atoms with Gasteiger partial charge < -0.3 is 9.88 Å². The summed E-state index contributed by atoms with van der Waals surface area (Å²) < 4.78 is 2.43. The summed E-state index contributed by atoms with van der Waals surface area (Å²) in [6, 6.07) is 21.6. The summed E-state index contributed by atoms with van der Waals surface area (Å²) in [6.45, 7) is 2.31. The highest BCUT2D eigenvalue weighted by Crippen LogP contribution is 2.33. The van der Waals surface area contributed by atoms with Gasteiger partial charge in [-0.1, -0.05) is 43.7 Å². The molecule has 0 atom stereocenters.